The molecular weight excluding hydrogens is 150 g/mol. The molecule has 4 N–H and O–H groups in total. The molecule has 64 valence electrons. The van der Waals surface area contributed by atoms with Crippen molar-refractivity contribution < 1.29 is 19.7 Å². The van der Waals surface area contributed by atoms with Gasteiger partial charge in [0.1, 0.15) is 18.3 Å². The third kappa shape index (κ3) is 0.969. The monoisotopic (exact) mass is 161 g/mol. The van der Waals surface area contributed by atoms with Crippen molar-refractivity contribution in [1.82, 2.24) is 0 Å². The molecular formula is C6H11NO4. The Bertz CT molecular complexity index is 145. The minimum absolute atomic E-state index is 0.316. The number of hydrogen-bond acceptors (Lipinski definition) is 5. The second kappa shape index (κ2) is 2.40. The Kier molecular flexibility index (Phi) is 1.62. The van der Waals surface area contributed by atoms with Crippen LogP contribution < -0.4 is 5.73 Å². The minimum Gasteiger partial charge on any atom is -0.388 e. The van der Waals surface area contributed by atoms with Gasteiger partial charge in [-0.2, -0.15) is 0 Å². The molecule has 11 heavy (non-hydrogen) atoms. The van der Waals surface area contributed by atoms with Gasteiger partial charge in [0.05, 0.1) is 12.6 Å². The van der Waals surface area contributed by atoms with Gasteiger partial charge in [-0.1, -0.05) is 0 Å². The van der Waals surface area contributed by atoms with E-state index in [1.54, 1.807) is 0 Å². The first-order chi connectivity index (χ1) is 5.20. The van der Waals surface area contributed by atoms with Crippen LogP contribution >= 0.6 is 0 Å². The zero-order valence-corrected chi connectivity index (χ0v) is 5.88. The fourth-order valence-electron chi connectivity index (χ4n) is 1.43. The predicted octanol–water partition coefficient (Wildman–Crippen LogP) is -2.21. The molecule has 0 unspecified atom stereocenters. The zero-order chi connectivity index (χ0) is 8.01. The molecule has 0 aromatic heterocycles. The number of rotatable bonds is 0. The van der Waals surface area contributed by atoms with Gasteiger partial charge in [-0.3, -0.25) is 0 Å². The van der Waals surface area contributed by atoms with Gasteiger partial charge in [0.2, 0.25) is 0 Å². The van der Waals surface area contributed by atoms with E-state index in [0.29, 0.717) is 6.61 Å². The van der Waals surface area contributed by atoms with Gasteiger partial charge in [-0.05, 0) is 0 Å². The molecule has 2 heterocycles. The van der Waals surface area contributed by atoms with Crippen LogP contribution in [0, 0.1) is 0 Å². The topological polar surface area (TPSA) is 84.9 Å². The Morgan fingerprint density at radius 2 is 2.00 bits per heavy atom. The van der Waals surface area contributed by atoms with Gasteiger partial charge in [0.25, 0.3) is 0 Å². The molecule has 5 heteroatoms. The van der Waals surface area contributed by atoms with Crippen LogP contribution in [0.25, 0.3) is 0 Å². The highest BCUT2D eigenvalue weighted by atomic mass is 16.7. The second-order valence-electron chi connectivity index (χ2n) is 2.93. The average Bonchev–Trinajstić information content (AvgIpc) is 2.44. The van der Waals surface area contributed by atoms with E-state index in [-0.39, 0.29) is 0 Å². The van der Waals surface area contributed by atoms with Gasteiger partial charge >= 0.3 is 0 Å². The van der Waals surface area contributed by atoms with Crippen LogP contribution in [0.5, 0.6) is 0 Å². The first kappa shape index (κ1) is 7.45. The maximum Gasteiger partial charge on any atom is 0.175 e. The summed E-state index contributed by atoms with van der Waals surface area (Å²) in [7, 11) is 0. The van der Waals surface area contributed by atoms with Gasteiger partial charge in [0.15, 0.2) is 6.29 Å². The lowest BCUT2D eigenvalue weighted by atomic mass is 10.00. The molecule has 0 amide bonds. The summed E-state index contributed by atoms with van der Waals surface area (Å²) in [6.45, 7) is 0.316. The summed E-state index contributed by atoms with van der Waals surface area (Å²) in [6.07, 6.45) is -2.79. The number of aliphatic hydroxyl groups is 2. The third-order valence-corrected chi connectivity index (χ3v) is 2.17. The molecule has 2 fully saturated rings. The van der Waals surface area contributed by atoms with Crippen LogP contribution in [0.1, 0.15) is 0 Å². The summed E-state index contributed by atoms with van der Waals surface area (Å²) < 4.78 is 10.2. The predicted molar refractivity (Wildman–Crippen MR) is 34.6 cm³/mol. The van der Waals surface area contributed by atoms with E-state index >= 15 is 0 Å². The smallest absolute Gasteiger partial charge is 0.175 e. The lowest BCUT2D eigenvalue weighted by Crippen LogP contribution is -2.57. The number of ether oxygens (including phenoxy) is 2. The van der Waals surface area contributed by atoms with E-state index in [9.17, 15) is 10.2 Å². The molecule has 2 bridgehead atoms. The van der Waals surface area contributed by atoms with E-state index in [2.05, 4.69) is 0 Å². The standard InChI is InChI=1S/C6H11NO4/c7-3-5(9)4(8)2-1-10-6(3)11-2/h2-6,8-9H,1,7H2/t2-,3-,4+,5-,6-/m0/s1. The van der Waals surface area contributed by atoms with Crippen LogP contribution in [0.4, 0.5) is 0 Å². The Balaban J connectivity index is 2.16. The molecule has 2 aliphatic rings. The van der Waals surface area contributed by atoms with E-state index in [1.807, 2.05) is 0 Å². The quantitative estimate of drug-likeness (QED) is 0.375. The second-order valence-corrected chi connectivity index (χ2v) is 2.93. The highest BCUT2D eigenvalue weighted by molar-refractivity contribution is 4.94. The van der Waals surface area contributed by atoms with Crippen molar-refractivity contribution in [3.63, 3.8) is 0 Å². The maximum atomic E-state index is 9.30. The fourth-order valence-corrected chi connectivity index (χ4v) is 1.43. The summed E-state index contributed by atoms with van der Waals surface area (Å²) in [4.78, 5) is 0. The molecule has 2 saturated heterocycles. The molecule has 0 aromatic carbocycles. The molecule has 5 atom stereocenters. The number of hydrogen-bond donors (Lipinski definition) is 3. The lowest BCUT2D eigenvalue weighted by Gasteiger charge is -2.33. The first-order valence-corrected chi connectivity index (χ1v) is 3.59. The maximum absolute atomic E-state index is 9.30. The van der Waals surface area contributed by atoms with Gasteiger partial charge < -0.3 is 25.4 Å². The molecule has 0 aliphatic carbocycles. The summed E-state index contributed by atoms with van der Waals surface area (Å²) >= 11 is 0. The third-order valence-electron chi connectivity index (χ3n) is 2.17. The summed E-state index contributed by atoms with van der Waals surface area (Å²) in [5.41, 5.74) is 5.49. The van der Waals surface area contributed by atoms with E-state index < -0.39 is 30.6 Å². The highest BCUT2D eigenvalue weighted by Gasteiger charge is 2.47. The highest BCUT2D eigenvalue weighted by Crippen LogP contribution is 2.26. The van der Waals surface area contributed by atoms with Crippen LogP contribution in [0.3, 0.4) is 0 Å². The van der Waals surface area contributed by atoms with Crippen LogP contribution in [0.15, 0.2) is 0 Å². The fraction of sp³-hybridized carbons (Fsp3) is 1.00. The van der Waals surface area contributed by atoms with Crippen molar-refractivity contribution in [1.29, 1.82) is 0 Å². The number of fused-ring (bicyclic) bond motifs is 2. The molecule has 0 aromatic rings. The Morgan fingerprint density at radius 3 is 2.73 bits per heavy atom. The molecule has 5 nitrogen and oxygen atoms in total. The summed E-state index contributed by atoms with van der Waals surface area (Å²) in [6, 6.07) is -0.635. The van der Waals surface area contributed by atoms with Crippen molar-refractivity contribution in [3.8, 4) is 0 Å². The summed E-state index contributed by atoms with van der Waals surface area (Å²) in [5.74, 6) is 0. The molecule has 0 radical (unpaired) electrons. The van der Waals surface area contributed by atoms with Crippen LogP contribution in [-0.4, -0.2) is 47.5 Å². The Morgan fingerprint density at radius 1 is 1.27 bits per heavy atom. The van der Waals surface area contributed by atoms with E-state index in [1.165, 1.54) is 0 Å². The normalized spacial score (nSPS) is 56.5. The SMILES string of the molecule is N[C@@H]1[C@H]2OC[C@H](O2)[C@@H](O)[C@H]1O. The minimum atomic E-state index is -0.929. The Hall–Kier alpha value is -0.200. The van der Waals surface area contributed by atoms with Crippen molar-refractivity contribution in [3.05, 3.63) is 0 Å². The lowest BCUT2D eigenvalue weighted by molar-refractivity contribution is -0.177. The van der Waals surface area contributed by atoms with E-state index in [0.717, 1.165) is 0 Å². The number of nitrogens with two attached hydrogens (primary N) is 1. The van der Waals surface area contributed by atoms with Crippen molar-refractivity contribution in [2.45, 2.75) is 30.6 Å². The molecule has 2 rings (SSSR count). The average molecular weight is 161 g/mol. The van der Waals surface area contributed by atoms with Crippen LogP contribution in [0.2, 0.25) is 0 Å². The first-order valence-electron chi connectivity index (χ1n) is 3.59. The van der Waals surface area contributed by atoms with Crippen LogP contribution in [-0.2, 0) is 9.47 Å². The van der Waals surface area contributed by atoms with E-state index in [4.69, 9.17) is 15.2 Å². The van der Waals surface area contributed by atoms with Gasteiger partial charge in [0, 0.05) is 0 Å². The Labute approximate surface area is 63.7 Å². The largest absolute Gasteiger partial charge is 0.388 e. The number of aliphatic hydroxyl groups excluding tert-OH is 2. The zero-order valence-electron chi connectivity index (χ0n) is 5.88. The van der Waals surface area contributed by atoms with Gasteiger partial charge in [-0.15, -0.1) is 0 Å². The molecule has 0 saturated carbocycles. The van der Waals surface area contributed by atoms with Crippen molar-refractivity contribution in [2.24, 2.45) is 5.73 Å². The van der Waals surface area contributed by atoms with Crippen molar-refractivity contribution in [2.75, 3.05) is 6.61 Å². The summed E-state index contributed by atoms with van der Waals surface area (Å²) in [5, 5.41) is 18.6. The van der Waals surface area contributed by atoms with Gasteiger partial charge in [-0.25, -0.2) is 0 Å². The van der Waals surface area contributed by atoms with Crippen molar-refractivity contribution >= 4 is 0 Å². The molecule has 2 aliphatic heterocycles. The molecule has 0 spiro atoms.